The van der Waals surface area contributed by atoms with Crippen molar-refractivity contribution in [1.29, 1.82) is 0 Å². The van der Waals surface area contributed by atoms with E-state index in [4.69, 9.17) is 9.47 Å². The van der Waals surface area contributed by atoms with Crippen molar-refractivity contribution in [3.63, 3.8) is 0 Å². The molecule has 0 radical (unpaired) electrons. The molecule has 1 N–H and O–H groups in total. The smallest absolute Gasteiger partial charge is 0.407 e. The summed E-state index contributed by atoms with van der Waals surface area (Å²) in [6.07, 6.45) is 3.75. The first-order valence-corrected chi connectivity index (χ1v) is 5.60. The van der Waals surface area contributed by atoms with E-state index in [-0.39, 0.29) is 6.09 Å². The van der Waals surface area contributed by atoms with Crippen LogP contribution in [0.2, 0.25) is 0 Å². The van der Waals surface area contributed by atoms with Crippen molar-refractivity contribution in [2.45, 2.75) is 46.6 Å². The standard InChI is InChI=1S/C10H19NO3.C2H6/c1-10(2,3)14-9(12)11-7-5-6-8-13-4;1-2/h6,8H,5,7H2,1-4H3,(H,11,12);1-2H3/b8-6+;. The molecule has 0 aliphatic carbocycles. The molecule has 0 saturated carbocycles. The number of amides is 1. The molecular weight excluding hydrogens is 206 g/mol. The van der Waals surface area contributed by atoms with Gasteiger partial charge in [-0.1, -0.05) is 13.8 Å². The quantitative estimate of drug-likeness (QED) is 0.597. The van der Waals surface area contributed by atoms with Gasteiger partial charge in [0.05, 0.1) is 13.4 Å². The minimum absolute atomic E-state index is 0.386. The molecule has 4 nitrogen and oxygen atoms in total. The Balaban J connectivity index is 0. The van der Waals surface area contributed by atoms with Gasteiger partial charge in [0.1, 0.15) is 5.60 Å². The van der Waals surface area contributed by atoms with E-state index < -0.39 is 5.60 Å². The summed E-state index contributed by atoms with van der Waals surface area (Å²) in [7, 11) is 1.58. The largest absolute Gasteiger partial charge is 0.505 e. The van der Waals surface area contributed by atoms with Crippen LogP contribution in [0, 0.1) is 0 Å². The third kappa shape index (κ3) is 15.3. The third-order valence-corrected chi connectivity index (χ3v) is 1.21. The third-order valence-electron chi connectivity index (χ3n) is 1.21. The number of methoxy groups -OCH3 is 1. The zero-order valence-corrected chi connectivity index (χ0v) is 11.3. The number of carbonyl (C=O) groups excluding carboxylic acids is 1. The SMILES string of the molecule is CC.CO/C=C/CCNC(=O)OC(C)(C)C. The second-order valence-corrected chi connectivity index (χ2v) is 3.82. The lowest BCUT2D eigenvalue weighted by Gasteiger charge is -2.19. The molecule has 0 unspecified atom stereocenters. The molecule has 0 aromatic heterocycles. The summed E-state index contributed by atoms with van der Waals surface area (Å²) in [5.41, 5.74) is -0.438. The van der Waals surface area contributed by atoms with E-state index in [9.17, 15) is 4.79 Å². The predicted octanol–water partition coefficient (Wildman–Crippen LogP) is 3.09. The maximum atomic E-state index is 11.1. The maximum Gasteiger partial charge on any atom is 0.407 e. The zero-order valence-electron chi connectivity index (χ0n) is 11.3. The second-order valence-electron chi connectivity index (χ2n) is 3.82. The minimum Gasteiger partial charge on any atom is -0.505 e. The van der Waals surface area contributed by atoms with Gasteiger partial charge in [-0.2, -0.15) is 0 Å². The van der Waals surface area contributed by atoms with Crippen LogP contribution in [-0.2, 0) is 9.47 Å². The normalized spacial score (nSPS) is 10.4. The molecule has 0 bridgehead atoms. The van der Waals surface area contributed by atoms with Crippen LogP contribution in [0.3, 0.4) is 0 Å². The molecular formula is C12H25NO3. The molecule has 0 spiro atoms. The van der Waals surface area contributed by atoms with E-state index in [2.05, 4.69) is 5.32 Å². The number of ether oxygens (including phenoxy) is 2. The number of alkyl carbamates (subject to hydrolysis) is 1. The Morgan fingerprint density at radius 3 is 2.31 bits per heavy atom. The lowest BCUT2D eigenvalue weighted by molar-refractivity contribution is 0.0529. The number of rotatable bonds is 4. The van der Waals surface area contributed by atoms with Crippen molar-refractivity contribution in [1.82, 2.24) is 5.32 Å². The van der Waals surface area contributed by atoms with Crippen LogP contribution in [-0.4, -0.2) is 25.3 Å². The number of carbonyl (C=O) groups is 1. The van der Waals surface area contributed by atoms with Crippen molar-refractivity contribution >= 4 is 6.09 Å². The zero-order chi connectivity index (χ0) is 13.0. The van der Waals surface area contributed by atoms with Gasteiger partial charge in [0.15, 0.2) is 0 Å². The molecule has 0 rings (SSSR count). The van der Waals surface area contributed by atoms with Crippen molar-refractivity contribution in [3.8, 4) is 0 Å². The lowest BCUT2D eigenvalue weighted by atomic mass is 10.2. The highest BCUT2D eigenvalue weighted by atomic mass is 16.6. The van der Waals surface area contributed by atoms with Crippen LogP contribution in [0.1, 0.15) is 41.0 Å². The summed E-state index contributed by atoms with van der Waals surface area (Å²) in [4.78, 5) is 11.1. The Hall–Kier alpha value is -1.19. The number of nitrogens with one attached hydrogen (secondary N) is 1. The van der Waals surface area contributed by atoms with Crippen molar-refractivity contribution < 1.29 is 14.3 Å². The van der Waals surface area contributed by atoms with E-state index in [1.165, 1.54) is 0 Å². The van der Waals surface area contributed by atoms with Crippen LogP contribution in [0.5, 0.6) is 0 Å². The van der Waals surface area contributed by atoms with Crippen LogP contribution < -0.4 is 5.32 Å². The van der Waals surface area contributed by atoms with Gasteiger partial charge in [-0.3, -0.25) is 0 Å². The molecule has 0 saturated heterocycles. The summed E-state index contributed by atoms with van der Waals surface area (Å²) >= 11 is 0. The fourth-order valence-corrected chi connectivity index (χ4v) is 0.736. The molecule has 0 aromatic carbocycles. The van der Waals surface area contributed by atoms with Gasteiger partial charge in [0.2, 0.25) is 0 Å². The first-order valence-electron chi connectivity index (χ1n) is 5.60. The fourth-order valence-electron chi connectivity index (χ4n) is 0.736. The number of hydrogen-bond donors (Lipinski definition) is 1. The average Bonchev–Trinajstić information content (AvgIpc) is 2.18. The first kappa shape index (κ1) is 17.2. The Kier molecular flexibility index (Phi) is 11.1. The predicted molar refractivity (Wildman–Crippen MR) is 66.4 cm³/mol. The van der Waals surface area contributed by atoms with Crippen LogP contribution in [0.15, 0.2) is 12.3 Å². The molecule has 96 valence electrons. The maximum absolute atomic E-state index is 11.1. The van der Waals surface area contributed by atoms with E-state index >= 15 is 0 Å². The van der Waals surface area contributed by atoms with E-state index in [1.54, 1.807) is 13.4 Å². The van der Waals surface area contributed by atoms with E-state index in [1.807, 2.05) is 40.7 Å². The highest BCUT2D eigenvalue weighted by Gasteiger charge is 2.14. The van der Waals surface area contributed by atoms with Gasteiger partial charge in [-0.25, -0.2) is 4.79 Å². The molecule has 0 aliphatic heterocycles. The summed E-state index contributed by atoms with van der Waals surface area (Å²) in [5, 5.41) is 2.63. The summed E-state index contributed by atoms with van der Waals surface area (Å²) in [6, 6.07) is 0. The van der Waals surface area contributed by atoms with Gasteiger partial charge >= 0.3 is 6.09 Å². The monoisotopic (exact) mass is 231 g/mol. The lowest BCUT2D eigenvalue weighted by Crippen LogP contribution is -2.32. The topological polar surface area (TPSA) is 47.6 Å². The Morgan fingerprint density at radius 1 is 1.31 bits per heavy atom. The van der Waals surface area contributed by atoms with Gasteiger partial charge in [-0.15, -0.1) is 0 Å². The molecule has 16 heavy (non-hydrogen) atoms. The van der Waals surface area contributed by atoms with Crippen molar-refractivity contribution in [2.24, 2.45) is 0 Å². The van der Waals surface area contributed by atoms with Crippen LogP contribution >= 0.6 is 0 Å². The molecule has 4 heteroatoms. The number of hydrogen-bond acceptors (Lipinski definition) is 3. The highest BCUT2D eigenvalue weighted by Crippen LogP contribution is 2.06. The van der Waals surface area contributed by atoms with Crippen molar-refractivity contribution in [2.75, 3.05) is 13.7 Å². The fraction of sp³-hybridized carbons (Fsp3) is 0.750. The van der Waals surface area contributed by atoms with E-state index in [0.717, 1.165) is 6.42 Å². The summed E-state index contributed by atoms with van der Waals surface area (Å²) in [6.45, 7) is 10.0. The van der Waals surface area contributed by atoms with Crippen LogP contribution in [0.4, 0.5) is 4.79 Å². The average molecular weight is 231 g/mol. The molecule has 0 atom stereocenters. The molecule has 0 heterocycles. The van der Waals surface area contributed by atoms with E-state index in [0.29, 0.717) is 6.54 Å². The minimum atomic E-state index is -0.438. The van der Waals surface area contributed by atoms with Gasteiger partial charge in [-0.05, 0) is 33.3 Å². The van der Waals surface area contributed by atoms with Gasteiger partial charge in [0.25, 0.3) is 0 Å². The highest BCUT2D eigenvalue weighted by molar-refractivity contribution is 5.67. The Morgan fingerprint density at radius 2 is 1.88 bits per heavy atom. The summed E-state index contributed by atoms with van der Waals surface area (Å²) < 4.78 is 9.74. The van der Waals surface area contributed by atoms with Gasteiger partial charge < -0.3 is 14.8 Å². The van der Waals surface area contributed by atoms with Crippen LogP contribution in [0.25, 0.3) is 0 Å². The van der Waals surface area contributed by atoms with Crippen molar-refractivity contribution in [3.05, 3.63) is 12.3 Å². The molecule has 0 aromatic rings. The summed E-state index contributed by atoms with van der Waals surface area (Å²) in [5.74, 6) is 0. The molecule has 0 fully saturated rings. The Bertz CT molecular complexity index is 195. The Labute approximate surface area is 99.0 Å². The molecule has 1 amide bonds. The van der Waals surface area contributed by atoms with Gasteiger partial charge in [0, 0.05) is 6.54 Å². The molecule has 0 aliphatic rings. The first-order chi connectivity index (χ1) is 7.45. The second kappa shape index (κ2) is 10.3.